The van der Waals surface area contributed by atoms with Crippen molar-refractivity contribution >= 4 is 27.7 Å². The molecule has 0 saturated carbocycles. The van der Waals surface area contributed by atoms with Gasteiger partial charge in [0.25, 0.3) is 5.91 Å². The van der Waals surface area contributed by atoms with Gasteiger partial charge in [-0.2, -0.15) is 0 Å². The summed E-state index contributed by atoms with van der Waals surface area (Å²) in [5.74, 6) is 0.536. The fourth-order valence-corrected chi connectivity index (χ4v) is 3.60. The summed E-state index contributed by atoms with van der Waals surface area (Å²) in [6, 6.07) is 10.9. The predicted octanol–water partition coefficient (Wildman–Crippen LogP) is 2.80. The number of methoxy groups -OCH3 is 3. The Labute approximate surface area is 189 Å². The Morgan fingerprint density at radius 2 is 1.74 bits per heavy atom. The summed E-state index contributed by atoms with van der Waals surface area (Å²) in [4.78, 5) is 27.0. The van der Waals surface area contributed by atoms with Crippen molar-refractivity contribution in [3.05, 3.63) is 52.0 Å². The standard InChI is InChI=1S/C22H25BrN2O6/c1-28-17-10-15(11-18(29-2)21(17)30-3)22(27)24-12-20(26)25-8-9-31-19(13-25)14-4-6-16(23)7-5-14/h4-7,10-11,19H,8-9,12-13H2,1-3H3,(H,24,27). The maximum atomic E-state index is 12.7. The molecule has 1 N–H and O–H groups in total. The van der Waals surface area contributed by atoms with Gasteiger partial charge >= 0.3 is 0 Å². The zero-order valence-electron chi connectivity index (χ0n) is 17.6. The summed E-state index contributed by atoms with van der Waals surface area (Å²) in [5, 5.41) is 2.67. The molecule has 0 bridgehead atoms. The van der Waals surface area contributed by atoms with Crippen molar-refractivity contribution in [3.8, 4) is 17.2 Å². The highest BCUT2D eigenvalue weighted by Gasteiger charge is 2.26. The summed E-state index contributed by atoms with van der Waals surface area (Å²) in [6.45, 7) is 1.22. The number of benzene rings is 2. The lowest BCUT2D eigenvalue weighted by Gasteiger charge is -2.33. The number of hydrogen-bond acceptors (Lipinski definition) is 6. The van der Waals surface area contributed by atoms with Gasteiger partial charge in [-0.25, -0.2) is 0 Å². The predicted molar refractivity (Wildman–Crippen MR) is 118 cm³/mol. The number of nitrogens with zero attached hydrogens (tertiary/aromatic N) is 1. The fourth-order valence-electron chi connectivity index (χ4n) is 3.34. The summed E-state index contributed by atoms with van der Waals surface area (Å²) < 4.78 is 22.6. The molecule has 31 heavy (non-hydrogen) atoms. The number of carbonyl (C=O) groups is 2. The molecule has 1 unspecified atom stereocenters. The van der Waals surface area contributed by atoms with Gasteiger partial charge in [-0.1, -0.05) is 28.1 Å². The molecule has 0 radical (unpaired) electrons. The van der Waals surface area contributed by atoms with E-state index in [0.717, 1.165) is 10.0 Å². The lowest BCUT2D eigenvalue weighted by atomic mass is 10.1. The Balaban J connectivity index is 1.62. The molecule has 9 heteroatoms. The quantitative estimate of drug-likeness (QED) is 0.639. The zero-order chi connectivity index (χ0) is 22.4. The number of hydrogen-bond donors (Lipinski definition) is 1. The van der Waals surface area contributed by atoms with Gasteiger partial charge in [-0.3, -0.25) is 9.59 Å². The van der Waals surface area contributed by atoms with Gasteiger partial charge in [-0.05, 0) is 29.8 Å². The molecule has 0 spiro atoms. The van der Waals surface area contributed by atoms with Crippen molar-refractivity contribution in [2.45, 2.75) is 6.10 Å². The molecule has 2 amide bonds. The first kappa shape index (κ1) is 22.9. The second kappa shape index (κ2) is 10.5. The molecule has 1 aliphatic heterocycles. The van der Waals surface area contributed by atoms with Crippen LogP contribution in [0.1, 0.15) is 22.0 Å². The molecule has 166 valence electrons. The maximum absolute atomic E-state index is 12.7. The van der Waals surface area contributed by atoms with E-state index >= 15 is 0 Å². The van der Waals surface area contributed by atoms with Crippen LogP contribution >= 0.6 is 15.9 Å². The number of rotatable bonds is 7. The minimum absolute atomic E-state index is 0.122. The van der Waals surface area contributed by atoms with Crippen LogP contribution in [-0.4, -0.2) is 64.3 Å². The van der Waals surface area contributed by atoms with Gasteiger partial charge in [-0.15, -0.1) is 0 Å². The number of morpholine rings is 1. The van der Waals surface area contributed by atoms with Crippen LogP contribution in [0.25, 0.3) is 0 Å². The van der Waals surface area contributed by atoms with E-state index in [1.165, 1.54) is 21.3 Å². The Morgan fingerprint density at radius 3 is 2.32 bits per heavy atom. The number of halogens is 1. The maximum Gasteiger partial charge on any atom is 0.251 e. The van der Waals surface area contributed by atoms with E-state index in [1.54, 1.807) is 17.0 Å². The third kappa shape index (κ3) is 5.48. The minimum atomic E-state index is -0.412. The summed E-state index contributed by atoms with van der Waals surface area (Å²) >= 11 is 3.42. The van der Waals surface area contributed by atoms with E-state index in [2.05, 4.69) is 21.2 Å². The van der Waals surface area contributed by atoms with Crippen LogP contribution in [-0.2, 0) is 9.53 Å². The van der Waals surface area contributed by atoms with Gasteiger partial charge in [0.1, 0.15) is 6.10 Å². The van der Waals surface area contributed by atoms with E-state index in [9.17, 15) is 9.59 Å². The monoisotopic (exact) mass is 492 g/mol. The average molecular weight is 493 g/mol. The zero-order valence-corrected chi connectivity index (χ0v) is 19.2. The largest absolute Gasteiger partial charge is 0.493 e. The van der Waals surface area contributed by atoms with E-state index in [0.29, 0.717) is 42.5 Å². The topological polar surface area (TPSA) is 86.3 Å². The van der Waals surface area contributed by atoms with Crippen molar-refractivity contribution in [1.82, 2.24) is 10.2 Å². The molecule has 0 aliphatic carbocycles. The van der Waals surface area contributed by atoms with Crippen LogP contribution in [0.5, 0.6) is 17.2 Å². The minimum Gasteiger partial charge on any atom is -0.493 e. The second-order valence-corrected chi connectivity index (χ2v) is 7.76. The number of carbonyl (C=O) groups excluding carboxylic acids is 2. The van der Waals surface area contributed by atoms with Gasteiger partial charge in [0.2, 0.25) is 11.7 Å². The van der Waals surface area contributed by atoms with Crippen molar-refractivity contribution in [2.24, 2.45) is 0 Å². The van der Waals surface area contributed by atoms with Crippen molar-refractivity contribution in [1.29, 1.82) is 0 Å². The first-order valence-electron chi connectivity index (χ1n) is 9.69. The summed E-state index contributed by atoms with van der Waals surface area (Å²) in [7, 11) is 4.44. The van der Waals surface area contributed by atoms with E-state index in [4.69, 9.17) is 18.9 Å². The number of nitrogens with one attached hydrogen (secondary N) is 1. The highest BCUT2D eigenvalue weighted by atomic mass is 79.9. The molecule has 1 saturated heterocycles. The molecule has 2 aromatic carbocycles. The van der Waals surface area contributed by atoms with E-state index in [-0.39, 0.29) is 18.6 Å². The molecule has 0 aromatic heterocycles. The van der Waals surface area contributed by atoms with Crippen LogP contribution in [0.2, 0.25) is 0 Å². The molecule has 3 rings (SSSR count). The smallest absolute Gasteiger partial charge is 0.251 e. The average Bonchev–Trinajstić information content (AvgIpc) is 2.81. The van der Waals surface area contributed by atoms with Gasteiger partial charge in [0.05, 0.1) is 41.0 Å². The van der Waals surface area contributed by atoms with E-state index < -0.39 is 5.91 Å². The van der Waals surface area contributed by atoms with Crippen molar-refractivity contribution in [2.75, 3.05) is 47.6 Å². The highest BCUT2D eigenvalue weighted by Crippen LogP contribution is 2.38. The lowest BCUT2D eigenvalue weighted by Crippen LogP contribution is -2.46. The first-order chi connectivity index (χ1) is 15.0. The molecule has 1 aliphatic rings. The number of amides is 2. The molecular weight excluding hydrogens is 468 g/mol. The first-order valence-corrected chi connectivity index (χ1v) is 10.5. The SMILES string of the molecule is COc1cc(C(=O)NCC(=O)N2CCOC(c3ccc(Br)cc3)C2)cc(OC)c1OC. The lowest BCUT2D eigenvalue weighted by molar-refractivity contribution is -0.137. The van der Waals surface area contributed by atoms with E-state index in [1.807, 2.05) is 24.3 Å². The third-order valence-corrected chi connectivity index (χ3v) is 5.52. The van der Waals surface area contributed by atoms with Gasteiger partial charge in [0.15, 0.2) is 11.5 Å². The molecule has 2 aromatic rings. The van der Waals surface area contributed by atoms with Crippen LogP contribution in [0.3, 0.4) is 0 Å². The summed E-state index contributed by atoms with van der Waals surface area (Å²) in [5.41, 5.74) is 1.30. The number of ether oxygens (including phenoxy) is 4. The fraction of sp³-hybridized carbons (Fsp3) is 0.364. The second-order valence-electron chi connectivity index (χ2n) is 6.85. The Morgan fingerprint density at radius 1 is 1.10 bits per heavy atom. The van der Waals surface area contributed by atoms with Crippen molar-refractivity contribution in [3.63, 3.8) is 0 Å². The molecule has 1 atom stereocenters. The molecular formula is C22H25BrN2O6. The highest BCUT2D eigenvalue weighted by molar-refractivity contribution is 9.10. The van der Waals surface area contributed by atoms with Crippen LogP contribution in [0.15, 0.2) is 40.9 Å². The molecule has 1 fully saturated rings. The van der Waals surface area contributed by atoms with Gasteiger partial charge in [0, 0.05) is 16.6 Å². The third-order valence-electron chi connectivity index (χ3n) is 4.99. The van der Waals surface area contributed by atoms with Crippen molar-refractivity contribution < 1.29 is 28.5 Å². The normalized spacial score (nSPS) is 15.9. The van der Waals surface area contributed by atoms with Crippen LogP contribution in [0.4, 0.5) is 0 Å². The Hall–Kier alpha value is -2.78. The Bertz CT molecular complexity index is 909. The molecule has 8 nitrogen and oxygen atoms in total. The van der Waals surface area contributed by atoms with Gasteiger partial charge < -0.3 is 29.2 Å². The summed E-state index contributed by atoms with van der Waals surface area (Å²) in [6.07, 6.45) is -0.198. The van der Waals surface area contributed by atoms with Crippen LogP contribution in [0, 0.1) is 0 Å². The Kier molecular flexibility index (Phi) is 7.75. The van der Waals surface area contributed by atoms with Crippen LogP contribution < -0.4 is 19.5 Å². The molecule has 1 heterocycles.